The summed E-state index contributed by atoms with van der Waals surface area (Å²) < 4.78 is 39.8. The van der Waals surface area contributed by atoms with Gasteiger partial charge in [-0.2, -0.15) is 0 Å². The van der Waals surface area contributed by atoms with Gasteiger partial charge in [-0.25, -0.2) is 0 Å². The summed E-state index contributed by atoms with van der Waals surface area (Å²) in [6.07, 6.45) is 6.62. The van der Waals surface area contributed by atoms with Crippen molar-refractivity contribution in [1.29, 1.82) is 0 Å². The molecule has 0 fully saturated rings. The first-order valence-electron chi connectivity index (χ1n) is 6.20. The van der Waals surface area contributed by atoms with Gasteiger partial charge in [0.1, 0.15) is 12.7 Å². The maximum absolute atomic E-state index is 11.2. The van der Waals surface area contributed by atoms with Crippen LogP contribution in [0.4, 0.5) is 17.3 Å². The molecule has 0 aromatic carbocycles. The van der Waals surface area contributed by atoms with Gasteiger partial charge < -0.3 is 22.2 Å². The topological polar surface area (TPSA) is 20.3 Å². The van der Waals surface area contributed by atoms with Crippen LogP contribution in [0, 0.1) is 0 Å². The monoisotopic (exact) mass is 284 g/mol. The molecule has 0 aromatic heterocycles. The van der Waals surface area contributed by atoms with Crippen molar-refractivity contribution in [2.45, 2.75) is 26.7 Å². The van der Waals surface area contributed by atoms with Crippen molar-refractivity contribution in [2.75, 3.05) is 26.8 Å². The SMILES string of the molecule is CCCC[N+]1(CC(C)=O)C=CN(C)C1.F[B-](F)(F)F. The molecule has 0 saturated carbocycles. The van der Waals surface area contributed by atoms with E-state index in [9.17, 15) is 22.1 Å². The van der Waals surface area contributed by atoms with Crippen LogP contribution in [-0.4, -0.2) is 49.2 Å². The second-order valence-corrected chi connectivity index (χ2v) is 4.85. The Balaban J connectivity index is 0.000000555. The quantitative estimate of drug-likeness (QED) is 0.439. The van der Waals surface area contributed by atoms with Gasteiger partial charge in [0.15, 0.2) is 12.5 Å². The molecule has 1 aliphatic heterocycles. The first-order chi connectivity index (χ1) is 8.58. The van der Waals surface area contributed by atoms with Crippen molar-refractivity contribution in [3.05, 3.63) is 12.4 Å². The van der Waals surface area contributed by atoms with Gasteiger partial charge in [-0.15, -0.1) is 0 Å². The van der Waals surface area contributed by atoms with Crippen molar-refractivity contribution in [3.63, 3.8) is 0 Å². The Bertz CT molecular complexity index is 316. The van der Waals surface area contributed by atoms with Crippen LogP contribution >= 0.6 is 0 Å². The summed E-state index contributed by atoms with van der Waals surface area (Å²) in [5.41, 5.74) is 0. The Hall–Kier alpha value is -1.05. The molecule has 1 rings (SSSR count). The van der Waals surface area contributed by atoms with E-state index < -0.39 is 7.25 Å². The van der Waals surface area contributed by atoms with Crippen LogP contribution in [0.15, 0.2) is 12.4 Å². The summed E-state index contributed by atoms with van der Waals surface area (Å²) in [6.45, 7) is 6.53. The molecule has 1 atom stereocenters. The number of nitrogens with zero attached hydrogens (tertiary/aromatic N) is 2. The molecule has 0 N–H and O–H groups in total. The third kappa shape index (κ3) is 9.52. The molecule has 0 saturated heterocycles. The van der Waals surface area contributed by atoms with Gasteiger partial charge in [-0.05, 0) is 6.42 Å². The molecule has 0 spiro atoms. The van der Waals surface area contributed by atoms with Crippen molar-refractivity contribution in [3.8, 4) is 0 Å². The molecule has 0 radical (unpaired) electrons. The molecule has 19 heavy (non-hydrogen) atoms. The van der Waals surface area contributed by atoms with Crippen molar-refractivity contribution >= 4 is 13.0 Å². The Kier molecular flexibility index (Phi) is 7.11. The van der Waals surface area contributed by atoms with Gasteiger partial charge in [0.05, 0.1) is 12.7 Å². The van der Waals surface area contributed by atoms with Gasteiger partial charge in [0, 0.05) is 14.0 Å². The fraction of sp³-hybridized carbons (Fsp3) is 0.727. The molecule has 0 aliphatic carbocycles. The van der Waals surface area contributed by atoms with Crippen LogP contribution in [0.1, 0.15) is 26.7 Å². The van der Waals surface area contributed by atoms with E-state index in [1.165, 1.54) is 12.8 Å². The predicted octanol–water partition coefficient (Wildman–Crippen LogP) is 2.87. The molecule has 0 bridgehead atoms. The van der Waals surface area contributed by atoms with E-state index in [4.69, 9.17) is 0 Å². The standard InChI is InChI=1S/C11H21N2O.BF4/c1-4-5-7-13(9-11(2)14)8-6-12(3)10-13;2-1(3,4)5/h6,8H,4-5,7,9-10H2,1-3H3;/q+1;-1. The lowest BCUT2D eigenvalue weighted by atomic mass is 10.2. The number of carbonyl (C=O) groups is 1. The van der Waals surface area contributed by atoms with E-state index in [1.54, 1.807) is 6.92 Å². The van der Waals surface area contributed by atoms with E-state index in [-0.39, 0.29) is 5.78 Å². The van der Waals surface area contributed by atoms with Gasteiger partial charge in [0.25, 0.3) is 0 Å². The highest BCUT2D eigenvalue weighted by Gasteiger charge is 2.31. The molecule has 112 valence electrons. The highest BCUT2D eigenvalue weighted by atomic mass is 19.5. The molecule has 0 amide bonds. The Morgan fingerprint density at radius 3 is 2.21 bits per heavy atom. The minimum atomic E-state index is -6.00. The van der Waals surface area contributed by atoms with Gasteiger partial charge in [-0.3, -0.25) is 9.28 Å². The number of ketones is 1. The molecular weight excluding hydrogens is 263 g/mol. The van der Waals surface area contributed by atoms with Crippen LogP contribution in [0.25, 0.3) is 0 Å². The third-order valence-corrected chi connectivity index (χ3v) is 2.64. The van der Waals surface area contributed by atoms with E-state index in [2.05, 4.69) is 31.3 Å². The normalized spacial score (nSPS) is 22.2. The highest BCUT2D eigenvalue weighted by Crippen LogP contribution is 2.18. The number of quaternary nitrogens is 1. The molecule has 0 aromatic rings. The number of Topliss-reactive ketones (excluding diaryl/α,β-unsaturated/α-hetero) is 1. The van der Waals surface area contributed by atoms with Crippen molar-refractivity contribution < 1.29 is 26.5 Å². The average Bonchev–Trinajstić information content (AvgIpc) is 2.54. The minimum Gasteiger partial charge on any atom is -0.418 e. The Labute approximate surface area is 111 Å². The van der Waals surface area contributed by atoms with Crippen LogP contribution in [0.5, 0.6) is 0 Å². The molecule has 3 nitrogen and oxygen atoms in total. The maximum Gasteiger partial charge on any atom is 0.673 e. The van der Waals surface area contributed by atoms with E-state index in [1.807, 2.05) is 0 Å². The number of hydrogen-bond donors (Lipinski definition) is 0. The fourth-order valence-electron chi connectivity index (χ4n) is 2.04. The average molecular weight is 284 g/mol. The molecule has 1 heterocycles. The molecular formula is C11H21BF4N2O. The minimum absolute atomic E-state index is 0.279. The third-order valence-electron chi connectivity index (χ3n) is 2.64. The maximum atomic E-state index is 11.2. The first kappa shape index (κ1) is 18.0. The second-order valence-electron chi connectivity index (χ2n) is 4.85. The fourth-order valence-corrected chi connectivity index (χ4v) is 2.04. The van der Waals surface area contributed by atoms with Crippen LogP contribution in [0.3, 0.4) is 0 Å². The van der Waals surface area contributed by atoms with Crippen LogP contribution < -0.4 is 0 Å². The number of hydrogen-bond acceptors (Lipinski definition) is 2. The van der Waals surface area contributed by atoms with Crippen LogP contribution in [0.2, 0.25) is 0 Å². The van der Waals surface area contributed by atoms with E-state index >= 15 is 0 Å². The summed E-state index contributed by atoms with van der Waals surface area (Å²) in [5, 5.41) is 0. The van der Waals surface area contributed by atoms with Crippen molar-refractivity contribution in [1.82, 2.24) is 4.90 Å². The second kappa shape index (κ2) is 7.52. The summed E-state index contributed by atoms with van der Waals surface area (Å²) >= 11 is 0. The number of unbranched alkanes of at least 4 members (excludes halogenated alkanes) is 1. The lowest BCUT2D eigenvalue weighted by Crippen LogP contribution is -2.47. The number of halogens is 4. The van der Waals surface area contributed by atoms with Crippen LogP contribution in [-0.2, 0) is 4.79 Å². The molecule has 1 aliphatic rings. The van der Waals surface area contributed by atoms with Crippen molar-refractivity contribution in [2.24, 2.45) is 0 Å². The highest BCUT2D eigenvalue weighted by molar-refractivity contribution is 6.50. The molecule has 1 unspecified atom stereocenters. The first-order valence-corrected chi connectivity index (χ1v) is 6.20. The lowest BCUT2D eigenvalue weighted by Gasteiger charge is -2.31. The number of rotatable bonds is 5. The van der Waals surface area contributed by atoms with Gasteiger partial charge >= 0.3 is 7.25 Å². The smallest absolute Gasteiger partial charge is 0.418 e. The lowest BCUT2D eigenvalue weighted by molar-refractivity contribution is -0.873. The Morgan fingerprint density at radius 1 is 1.37 bits per heavy atom. The summed E-state index contributed by atoms with van der Waals surface area (Å²) in [4.78, 5) is 13.4. The summed E-state index contributed by atoms with van der Waals surface area (Å²) in [6, 6.07) is 0. The predicted molar refractivity (Wildman–Crippen MR) is 67.5 cm³/mol. The Morgan fingerprint density at radius 2 is 1.89 bits per heavy atom. The zero-order valence-corrected chi connectivity index (χ0v) is 11.6. The molecule has 8 heteroatoms. The van der Waals surface area contributed by atoms with E-state index in [0.29, 0.717) is 6.54 Å². The zero-order valence-electron chi connectivity index (χ0n) is 11.6. The number of carbonyl (C=O) groups excluding carboxylic acids is 1. The van der Waals surface area contributed by atoms with E-state index in [0.717, 1.165) is 17.7 Å². The van der Waals surface area contributed by atoms with Gasteiger partial charge in [0.2, 0.25) is 0 Å². The largest absolute Gasteiger partial charge is 0.673 e. The summed E-state index contributed by atoms with van der Waals surface area (Å²) in [5.74, 6) is 0.279. The summed E-state index contributed by atoms with van der Waals surface area (Å²) in [7, 11) is -3.94. The zero-order chi connectivity index (χ0) is 15.1. The van der Waals surface area contributed by atoms with Gasteiger partial charge in [-0.1, -0.05) is 13.3 Å².